The number of carbonyl (C=O) groups is 1. The first-order chi connectivity index (χ1) is 13.9. The molecule has 1 aromatic heterocycles. The van der Waals surface area contributed by atoms with Crippen LogP contribution < -0.4 is 5.32 Å². The summed E-state index contributed by atoms with van der Waals surface area (Å²) < 4.78 is 25.4. The number of nitrogens with zero attached hydrogens (tertiary/aromatic N) is 2. The van der Waals surface area contributed by atoms with Crippen molar-refractivity contribution in [1.29, 1.82) is 0 Å². The summed E-state index contributed by atoms with van der Waals surface area (Å²) >= 11 is 0. The lowest BCUT2D eigenvalue weighted by Gasteiger charge is -2.09. The zero-order chi connectivity index (χ0) is 20.4. The second-order valence-corrected chi connectivity index (χ2v) is 9.33. The predicted molar refractivity (Wildman–Crippen MR) is 113 cm³/mol. The molecule has 0 saturated carbocycles. The lowest BCUT2D eigenvalue weighted by atomic mass is 10.1. The monoisotopic (exact) mass is 409 g/mol. The third kappa shape index (κ3) is 4.10. The van der Waals surface area contributed by atoms with Gasteiger partial charge in [0.2, 0.25) is 0 Å². The van der Waals surface area contributed by atoms with Crippen molar-refractivity contribution in [3.63, 3.8) is 0 Å². The van der Waals surface area contributed by atoms with Crippen LogP contribution in [0.4, 0.5) is 5.69 Å². The average molecular weight is 410 g/mol. The maximum absolute atomic E-state index is 13.0. The van der Waals surface area contributed by atoms with Gasteiger partial charge in [-0.2, -0.15) is 0 Å². The van der Waals surface area contributed by atoms with Crippen LogP contribution in [0, 0.1) is 0 Å². The number of amides is 1. The molecule has 1 amide bonds. The molecule has 0 unspecified atom stereocenters. The van der Waals surface area contributed by atoms with E-state index in [1.165, 1.54) is 12.1 Å². The largest absolute Gasteiger partial charge is 0.327 e. The summed E-state index contributed by atoms with van der Waals surface area (Å²) in [5.74, 6) is 0.546. The predicted octanol–water partition coefficient (Wildman–Crippen LogP) is 3.93. The van der Waals surface area contributed by atoms with Crippen LogP contribution in [0.2, 0.25) is 0 Å². The van der Waals surface area contributed by atoms with Crippen LogP contribution >= 0.6 is 0 Å². The second-order valence-electron chi connectivity index (χ2n) is 7.31. The summed E-state index contributed by atoms with van der Waals surface area (Å²) in [6.07, 6.45) is 5.20. The summed E-state index contributed by atoms with van der Waals surface area (Å²) in [6.45, 7) is 0.850. The Morgan fingerprint density at radius 1 is 1.00 bits per heavy atom. The molecule has 1 aliphatic heterocycles. The zero-order valence-electron chi connectivity index (χ0n) is 16.3. The molecule has 1 aliphatic rings. The first-order valence-corrected chi connectivity index (χ1v) is 11.6. The van der Waals surface area contributed by atoms with Gasteiger partial charge in [-0.3, -0.25) is 4.79 Å². The first kappa shape index (κ1) is 19.4. The normalized spacial score (nSPS) is 14.1. The third-order valence-electron chi connectivity index (χ3n) is 5.16. The van der Waals surface area contributed by atoms with Crippen LogP contribution in [0.5, 0.6) is 0 Å². The fraction of sp³-hybridized carbons (Fsp3) is 0.273. The number of nitrogens with one attached hydrogen (secondary N) is 1. The molecule has 0 fully saturated rings. The van der Waals surface area contributed by atoms with Crippen molar-refractivity contribution >= 4 is 21.4 Å². The molecule has 0 aliphatic carbocycles. The molecule has 7 heteroatoms. The van der Waals surface area contributed by atoms with E-state index in [0.29, 0.717) is 11.4 Å². The summed E-state index contributed by atoms with van der Waals surface area (Å²) in [5.41, 5.74) is 2.94. The zero-order valence-corrected chi connectivity index (χ0v) is 17.1. The van der Waals surface area contributed by atoms with Crippen molar-refractivity contribution < 1.29 is 13.2 Å². The standard InChI is InChI=1S/C22H23N3O3S/c1-29(27,28)18-13-11-17(12-14-18)23-22(26)20-19-10-6-3-7-15-25(19)21(24-20)16-8-4-2-5-9-16/h2,4-5,8-9,11-14H,3,6-7,10,15H2,1H3,(H,23,26). The smallest absolute Gasteiger partial charge is 0.276 e. The number of aromatic nitrogens is 2. The van der Waals surface area contributed by atoms with Gasteiger partial charge in [0.1, 0.15) is 11.5 Å². The fourth-order valence-electron chi connectivity index (χ4n) is 3.69. The molecule has 4 rings (SSSR count). The van der Waals surface area contributed by atoms with E-state index in [0.717, 1.165) is 55.6 Å². The molecule has 0 saturated heterocycles. The van der Waals surface area contributed by atoms with Gasteiger partial charge in [-0.1, -0.05) is 36.8 Å². The second kappa shape index (κ2) is 7.83. The van der Waals surface area contributed by atoms with Gasteiger partial charge in [-0.25, -0.2) is 13.4 Å². The van der Waals surface area contributed by atoms with Gasteiger partial charge in [0, 0.05) is 24.1 Å². The van der Waals surface area contributed by atoms with Gasteiger partial charge >= 0.3 is 0 Å². The molecule has 0 bridgehead atoms. The quantitative estimate of drug-likeness (QED) is 0.708. The Morgan fingerprint density at radius 2 is 1.72 bits per heavy atom. The number of imidazole rings is 1. The lowest BCUT2D eigenvalue weighted by Crippen LogP contribution is -2.15. The SMILES string of the molecule is CS(=O)(=O)c1ccc(NC(=O)c2nc(-c3ccccc3)n3c2CCCCC3)cc1. The van der Waals surface area contributed by atoms with Crippen molar-refractivity contribution in [2.45, 2.75) is 37.1 Å². The van der Waals surface area contributed by atoms with Gasteiger partial charge in [0.15, 0.2) is 9.84 Å². The van der Waals surface area contributed by atoms with E-state index in [1.54, 1.807) is 12.1 Å². The maximum Gasteiger partial charge on any atom is 0.276 e. The summed E-state index contributed by atoms with van der Waals surface area (Å²) in [4.78, 5) is 18.0. The van der Waals surface area contributed by atoms with Crippen LogP contribution in [-0.4, -0.2) is 30.1 Å². The third-order valence-corrected chi connectivity index (χ3v) is 6.28. The molecule has 0 atom stereocenters. The van der Waals surface area contributed by atoms with Crippen LogP contribution in [0.25, 0.3) is 11.4 Å². The molecule has 2 heterocycles. The Kier molecular flexibility index (Phi) is 5.24. The van der Waals surface area contributed by atoms with E-state index in [2.05, 4.69) is 9.88 Å². The number of hydrogen-bond acceptors (Lipinski definition) is 4. The van der Waals surface area contributed by atoms with Crippen LogP contribution in [-0.2, 0) is 22.8 Å². The molecule has 6 nitrogen and oxygen atoms in total. The Morgan fingerprint density at radius 3 is 2.41 bits per heavy atom. The molecular formula is C22H23N3O3S. The molecule has 29 heavy (non-hydrogen) atoms. The lowest BCUT2D eigenvalue weighted by molar-refractivity contribution is 0.102. The molecule has 0 radical (unpaired) electrons. The minimum Gasteiger partial charge on any atom is -0.327 e. The highest BCUT2D eigenvalue weighted by Gasteiger charge is 2.24. The Hall–Kier alpha value is -2.93. The molecule has 0 spiro atoms. The topological polar surface area (TPSA) is 81.1 Å². The van der Waals surface area contributed by atoms with Crippen LogP contribution in [0.1, 0.15) is 35.4 Å². The number of benzene rings is 2. The van der Waals surface area contributed by atoms with Crippen molar-refractivity contribution in [3.05, 3.63) is 66.0 Å². The molecule has 2 aromatic carbocycles. The molecule has 3 aromatic rings. The Bertz CT molecular complexity index is 1130. The average Bonchev–Trinajstić information content (AvgIpc) is 2.89. The first-order valence-electron chi connectivity index (χ1n) is 9.70. The fourth-order valence-corrected chi connectivity index (χ4v) is 4.32. The summed E-state index contributed by atoms with van der Waals surface area (Å²) in [5, 5.41) is 2.86. The maximum atomic E-state index is 13.0. The van der Waals surface area contributed by atoms with Gasteiger partial charge in [0.05, 0.1) is 10.6 Å². The molecule has 1 N–H and O–H groups in total. The van der Waals surface area contributed by atoms with Crippen molar-refractivity contribution in [2.75, 3.05) is 11.6 Å². The highest BCUT2D eigenvalue weighted by molar-refractivity contribution is 7.90. The molecular weight excluding hydrogens is 386 g/mol. The minimum absolute atomic E-state index is 0.220. The van der Waals surface area contributed by atoms with E-state index in [1.807, 2.05) is 30.3 Å². The van der Waals surface area contributed by atoms with Crippen molar-refractivity contribution in [3.8, 4) is 11.4 Å². The van der Waals surface area contributed by atoms with Gasteiger partial charge < -0.3 is 9.88 Å². The van der Waals surface area contributed by atoms with Gasteiger partial charge in [-0.05, 0) is 43.5 Å². The minimum atomic E-state index is -3.27. The van der Waals surface area contributed by atoms with Gasteiger partial charge in [0.25, 0.3) is 5.91 Å². The number of hydrogen-bond donors (Lipinski definition) is 1. The van der Waals surface area contributed by atoms with Crippen molar-refractivity contribution in [2.24, 2.45) is 0 Å². The van der Waals surface area contributed by atoms with Crippen molar-refractivity contribution in [1.82, 2.24) is 9.55 Å². The van der Waals surface area contributed by atoms with E-state index in [4.69, 9.17) is 4.98 Å². The van der Waals surface area contributed by atoms with Gasteiger partial charge in [-0.15, -0.1) is 0 Å². The van der Waals surface area contributed by atoms with Crippen LogP contribution in [0.15, 0.2) is 59.5 Å². The highest BCUT2D eigenvalue weighted by Crippen LogP contribution is 2.27. The Balaban J connectivity index is 1.67. The number of sulfone groups is 1. The van der Waals surface area contributed by atoms with E-state index >= 15 is 0 Å². The number of anilines is 1. The molecule has 150 valence electrons. The number of carbonyl (C=O) groups excluding carboxylic acids is 1. The number of fused-ring (bicyclic) bond motifs is 1. The summed E-state index contributed by atoms with van der Waals surface area (Å²) in [6, 6.07) is 16.1. The van der Waals surface area contributed by atoms with E-state index in [-0.39, 0.29) is 10.8 Å². The summed E-state index contributed by atoms with van der Waals surface area (Å²) in [7, 11) is -3.27. The number of rotatable bonds is 4. The van der Waals surface area contributed by atoms with E-state index in [9.17, 15) is 13.2 Å². The highest BCUT2D eigenvalue weighted by atomic mass is 32.2. The Labute approximate surface area is 170 Å². The van der Waals surface area contributed by atoms with Crippen LogP contribution in [0.3, 0.4) is 0 Å². The van der Waals surface area contributed by atoms with E-state index < -0.39 is 9.84 Å².